The first-order valence-corrected chi connectivity index (χ1v) is 7.18. The Balaban J connectivity index is 1.80. The molecule has 4 heteroatoms. The second kappa shape index (κ2) is 5.87. The van der Waals surface area contributed by atoms with Gasteiger partial charge in [-0.05, 0) is 43.2 Å². The quantitative estimate of drug-likeness (QED) is 0.904. The SMILES string of the molecule is CCOc1ccccc1NC(=O)c1ccc2c(c1)NCC2. The highest BCUT2D eigenvalue weighted by atomic mass is 16.5. The highest BCUT2D eigenvalue weighted by molar-refractivity contribution is 6.05. The molecule has 0 aliphatic carbocycles. The molecule has 0 aromatic heterocycles. The Morgan fingerprint density at radius 1 is 1.29 bits per heavy atom. The number of hydrogen-bond donors (Lipinski definition) is 2. The monoisotopic (exact) mass is 282 g/mol. The Kier molecular flexibility index (Phi) is 3.77. The van der Waals surface area contributed by atoms with Crippen molar-refractivity contribution in [3.63, 3.8) is 0 Å². The Labute approximate surface area is 124 Å². The third kappa shape index (κ3) is 2.84. The van der Waals surface area contributed by atoms with E-state index in [1.54, 1.807) is 0 Å². The van der Waals surface area contributed by atoms with Crippen LogP contribution in [0.5, 0.6) is 5.75 Å². The van der Waals surface area contributed by atoms with Crippen molar-refractivity contribution in [1.82, 2.24) is 0 Å². The normalized spacial score (nSPS) is 12.4. The molecule has 1 heterocycles. The highest BCUT2D eigenvalue weighted by Gasteiger charge is 2.14. The molecule has 2 aromatic rings. The minimum atomic E-state index is -0.126. The topological polar surface area (TPSA) is 50.4 Å². The number of carbonyl (C=O) groups excluding carboxylic acids is 1. The van der Waals surface area contributed by atoms with Gasteiger partial charge in [0.25, 0.3) is 5.91 Å². The van der Waals surface area contributed by atoms with Crippen molar-refractivity contribution in [2.75, 3.05) is 23.8 Å². The summed E-state index contributed by atoms with van der Waals surface area (Å²) in [4.78, 5) is 12.4. The molecular formula is C17H18N2O2. The van der Waals surface area contributed by atoms with Crippen LogP contribution in [-0.2, 0) is 6.42 Å². The number of benzene rings is 2. The fourth-order valence-electron chi connectivity index (χ4n) is 2.48. The average molecular weight is 282 g/mol. The molecule has 0 spiro atoms. The van der Waals surface area contributed by atoms with E-state index in [-0.39, 0.29) is 5.91 Å². The molecule has 1 aliphatic heterocycles. The van der Waals surface area contributed by atoms with Crippen LogP contribution in [-0.4, -0.2) is 19.1 Å². The Morgan fingerprint density at radius 2 is 2.14 bits per heavy atom. The molecule has 2 aromatic carbocycles. The number of ether oxygens (including phenoxy) is 1. The predicted octanol–water partition coefficient (Wildman–Crippen LogP) is 3.31. The van der Waals surface area contributed by atoms with Gasteiger partial charge in [0, 0.05) is 17.8 Å². The lowest BCUT2D eigenvalue weighted by atomic mass is 10.1. The van der Waals surface area contributed by atoms with Crippen molar-refractivity contribution >= 4 is 17.3 Å². The van der Waals surface area contributed by atoms with Gasteiger partial charge in [-0.3, -0.25) is 4.79 Å². The second-order valence-electron chi connectivity index (χ2n) is 4.93. The largest absolute Gasteiger partial charge is 0.492 e. The maximum Gasteiger partial charge on any atom is 0.255 e. The summed E-state index contributed by atoms with van der Waals surface area (Å²) in [6.45, 7) is 3.42. The lowest BCUT2D eigenvalue weighted by Crippen LogP contribution is -2.13. The van der Waals surface area contributed by atoms with E-state index < -0.39 is 0 Å². The van der Waals surface area contributed by atoms with Gasteiger partial charge < -0.3 is 15.4 Å². The van der Waals surface area contributed by atoms with Crippen LogP contribution < -0.4 is 15.4 Å². The smallest absolute Gasteiger partial charge is 0.255 e. The number of amides is 1. The maximum atomic E-state index is 12.4. The van der Waals surface area contributed by atoms with E-state index in [1.807, 2.05) is 49.4 Å². The summed E-state index contributed by atoms with van der Waals surface area (Å²) in [6, 6.07) is 13.2. The van der Waals surface area contributed by atoms with Gasteiger partial charge in [0.05, 0.1) is 12.3 Å². The van der Waals surface area contributed by atoms with E-state index in [1.165, 1.54) is 5.56 Å². The molecule has 4 nitrogen and oxygen atoms in total. The van der Waals surface area contributed by atoms with Crippen LogP contribution in [0.3, 0.4) is 0 Å². The number of anilines is 2. The molecule has 0 atom stereocenters. The first-order chi connectivity index (χ1) is 10.3. The summed E-state index contributed by atoms with van der Waals surface area (Å²) in [5.41, 5.74) is 3.66. The van der Waals surface area contributed by atoms with Crippen molar-refractivity contribution in [1.29, 1.82) is 0 Å². The van der Waals surface area contributed by atoms with E-state index in [0.29, 0.717) is 23.6 Å². The lowest BCUT2D eigenvalue weighted by Gasteiger charge is -2.11. The summed E-state index contributed by atoms with van der Waals surface area (Å²) in [5.74, 6) is 0.561. The number of fused-ring (bicyclic) bond motifs is 1. The number of nitrogens with one attached hydrogen (secondary N) is 2. The van der Waals surface area contributed by atoms with Gasteiger partial charge in [0.15, 0.2) is 0 Å². The van der Waals surface area contributed by atoms with E-state index in [9.17, 15) is 4.79 Å². The zero-order chi connectivity index (χ0) is 14.7. The van der Waals surface area contributed by atoms with Gasteiger partial charge in [0.1, 0.15) is 5.75 Å². The average Bonchev–Trinajstić information content (AvgIpc) is 2.97. The van der Waals surface area contributed by atoms with Gasteiger partial charge in [-0.15, -0.1) is 0 Å². The fraction of sp³-hybridized carbons (Fsp3) is 0.235. The van der Waals surface area contributed by atoms with Crippen molar-refractivity contribution in [3.8, 4) is 5.75 Å². The zero-order valence-electron chi connectivity index (χ0n) is 12.0. The minimum Gasteiger partial charge on any atom is -0.492 e. The van der Waals surface area contributed by atoms with Gasteiger partial charge in [-0.2, -0.15) is 0 Å². The molecule has 0 saturated heterocycles. The van der Waals surface area contributed by atoms with Crippen molar-refractivity contribution in [2.24, 2.45) is 0 Å². The number of carbonyl (C=O) groups is 1. The molecule has 2 N–H and O–H groups in total. The van der Waals surface area contributed by atoms with Crippen molar-refractivity contribution < 1.29 is 9.53 Å². The molecule has 108 valence electrons. The molecular weight excluding hydrogens is 264 g/mol. The molecule has 0 radical (unpaired) electrons. The van der Waals surface area contributed by atoms with Crippen LogP contribution >= 0.6 is 0 Å². The van der Waals surface area contributed by atoms with Crippen LogP contribution in [0.4, 0.5) is 11.4 Å². The fourth-order valence-corrected chi connectivity index (χ4v) is 2.48. The Morgan fingerprint density at radius 3 is 3.00 bits per heavy atom. The van der Waals surface area contributed by atoms with Crippen molar-refractivity contribution in [3.05, 3.63) is 53.6 Å². The molecule has 3 rings (SSSR count). The van der Waals surface area contributed by atoms with Gasteiger partial charge >= 0.3 is 0 Å². The van der Waals surface area contributed by atoms with Crippen LogP contribution in [0.1, 0.15) is 22.8 Å². The van der Waals surface area contributed by atoms with Crippen LogP contribution in [0.2, 0.25) is 0 Å². The number of rotatable bonds is 4. The van der Waals surface area contributed by atoms with Crippen LogP contribution in [0, 0.1) is 0 Å². The third-order valence-corrected chi connectivity index (χ3v) is 3.52. The molecule has 0 unspecified atom stereocenters. The molecule has 1 aliphatic rings. The number of hydrogen-bond acceptors (Lipinski definition) is 3. The highest BCUT2D eigenvalue weighted by Crippen LogP contribution is 2.26. The summed E-state index contributed by atoms with van der Waals surface area (Å²) in [7, 11) is 0. The van der Waals surface area contributed by atoms with Gasteiger partial charge in [0.2, 0.25) is 0 Å². The Hall–Kier alpha value is -2.49. The lowest BCUT2D eigenvalue weighted by molar-refractivity contribution is 0.102. The molecule has 0 fully saturated rings. The number of para-hydroxylation sites is 2. The van der Waals surface area contributed by atoms with E-state index >= 15 is 0 Å². The Bertz CT molecular complexity index is 668. The van der Waals surface area contributed by atoms with E-state index in [0.717, 1.165) is 18.7 Å². The maximum absolute atomic E-state index is 12.4. The first-order valence-electron chi connectivity index (χ1n) is 7.18. The summed E-state index contributed by atoms with van der Waals surface area (Å²) in [6.07, 6.45) is 1.02. The minimum absolute atomic E-state index is 0.126. The molecule has 0 saturated carbocycles. The van der Waals surface area contributed by atoms with Gasteiger partial charge in [-0.25, -0.2) is 0 Å². The molecule has 0 bridgehead atoms. The van der Waals surface area contributed by atoms with E-state index in [4.69, 9.17) is 4.74 Å². The van der Waals surface area contributed by atoms with Crippen molar-refractivity contribution in [2.45, 2.75) is 13.3 Å². The third-order valence-electron chi connectivity index (χ3n) is 3.52. The zero-order valence-corrected chi connectivity index (χ0v) is 12.0. The second-order valence-corrected chi connectivity index (χ2v) is 4.93. The summed E-state index contributed by atoms with van der Waals surface area (Å²) >= 11 is 0. The molecule has 1 amide bonds. The van der Waals surface area contributed by atoms with Crippen LogP contribution in [0.25, 0.3) is 0 Å². The van der Waals surface area contributed by atoms with E-state index in [2.05, 4.69) is 10.6 Å². The predicted molar refractivity (Wildman–Crippen MR) is 84.2 cm³/mol. The first kappa shape index (κ1) is 13.5. The summed E-state index contributed by atoms with van der Waals surface area (Å²) < 4.78 is 5.52. The summed E-state index contributed by atoms with van der Waals surface area (Å²) in [5, 5.41) is 6.20. The van der Waals surface area contributed by atoms with Crippen LogP contribution in [0.15, 0.2) is 42.5 Å². The molecule has 21 heavy (non-hydrogen) atoms. The standard InChI is InChI=1S/C17H18N2O2/c1-2-21-16-6-4-3-5-14(16)19-17(20)13-8-7-12-9-10-18-15(12)11-13/h3-8,11,18H,2,9-10H2,1H3,(H,19,20). The van der Waals surface area contributed by atoms with Gasteiger partial charge in [-0.1, -0.05) is 18.2 Å².